The first-order chi connectivity index (χ1) is 8.20. The van der Waals surface area contributed by atoms with Gasteiger partial charge in [0.15, 0.2) is 0 Å². The standard InChI is InChI=1S/C15H16N2/c1-11-7-5-6-10-13(11)15(17)14(16)12-8-3-2-4-9-12/h2-10,14,17H,16H2,1H3. The lowest BCUT2D eigenvalue weighted by molar-refractivity contribution is 0.950. The normalized spacial score (nSPS) is 12.1. The molecule has 0 heterocycles. The highest BCUT2D eigenvalue weighted by Crippen LogP contribution is 2.18. The van der Waals surface area contributed by atoms with Crippen molar-refractivity contribution < 1.29 is 0 Å². The molecule has 0 aliphatic rings. The van der Waals surface area contributed by atoms with E-state index in [0.717, 1.165) is 16.7 Å². The number of nitrogens with one attached hydrogen (secondary N) is 1. The van der Waals surface area contributed by atoms with Crippen LogP contribution in [0, 0.1) is 12.3 Å². The highest BCUT2D eigenvalue weighted by molar-refractivity contribution is 6.03. The summed E-state index contributed by atoms with van der Waals surface area (Å²) in [5.41, 5.74) is 9.56. The van der Waals surface area contributed by atoms with Crippen molar-refractivity contribution in [1.82, 2.24) is 0 Å². The Labute approximate surface area is 102 Å². The largest absolute Gasteiger partial charge is 0.319 e. The summed E-state index contributed by atoms with van der Waals surface area (Å²) in [4.78, 5) is 0. The average molecular weight is 224 g/mol. The van der Waals surface area contributed by atoms with Gasteiger partial charge in [0.2, 0.25) is 0 Å². The molecule has 1 atom stereocenters. The Kier molecular flexibility index (Phi) is 3.35. The molecule has 86 valence electrons. The molecule has 0 saturated carbocycles. The van der Waals surface area contributed by atoms with Gasteiger partial charge in [0.05, 0.1) is 11.8 Å². The topological polar surface area (TPSA) is 49.9 Å². The first-order valence-corrected chi connectivity index (χ1v) is 5.65. The Hall–Kier alpha value is -1.93. The fourth-order valence-electron chi connectivity index (χ4n) is 1.87. The highest BCUT2D eigenvalue weighted by Gasteiger charge is 2.14. The lowest BCUT2D eigenvalue weighted by atomic mass is 9.95. The van der Waals surface area contributed by atoms with Crippen molar-refractivity contribution in [3.8, 4) is 0 Å². The molecule has 0 aliphatic heterocycles. The fraction of sp³-hybridized carbons (Fsp3) is 0.133. The van der Waals surface area contributed by atoms with Crippen LogP contribution >= 0.6 is 0 Å². The van der Waals surface area contributed by atoms with Crippen LogP contribution in [0.3, 0.4) is 0 Å². The Morgan fingerprint density at radius 3 is 2.24 bits per heavy atom. The van der Waals surface area contributed by atoms with E-state index in [1.165, 1.54) is 0 Å². The maximum Gasteiger partial charge on any atom is 0.0725 e. The first kappa shape index (κ1) is 11.6. The van der Waals surface area contributed by atoms with Gasteiger partial charge in [0.1, 0.15) is 0 Å². The monoisotopic (exact) mass is 224 g/mol. The van der Waals surface area contributed by atoms with Crippen molar-refractivity contribution in [3.05, 3.63) is 71.3 Å². The van der Waals surface area contributed by atoms with E-state index in [1.54, 1.807) is 0 Å². The molecule has 2 aromatic rings. The molecule has 2 rings (SSSR count). The molecule has 1 unspecified atom stereocenters. The molecule has 2 aromatic carbocycles. The van der Waals surface area contributed by atoms with Crippen molar-refractivity contribution in [2.75, 3.05) is 0 Å². The predicted octanol–water partition coefficient (Wildman–Crippen LogP) is 3.06. The van der Waals surface area contributed by atoms with Crippen LogP contribution in [-0.4, -0.2) is 5.71 Å². The summed E-state index contributed by atoms with van der Waals surface area (Å²) in [6.07, 6.45) is 0. The second-order valence-corrected chi connectivity index (χ2v) is 4.12. The van der Waals surface area contributed by atoms with Crippen molar-refractivity contribution >= 4 is 5.71 Å². The van der Waals surface area contributed by atoms with Crippen molar-refractivity contribution in [1.29, 1.82) is 5.41 Å². The number of hydrogen-bond donors (Lipinski definition) is 2. The summed E-state index contributed by atoms with van der Waals surface area (Å²) in [7, 11) is 0. The number of rotatable bonds is 3. The van der Waals surface area contributed by atoms with Crippen LogP contribution in [0.15, 0.2) is 54.6 Å². The maximum atomic E-state index is 8.19. The summed E-state index contributed by atoms with van der Waals surface area (Å²) in [5.74, 6) is 0. The molecule has 0 aromatic heterocycles. The minimum atomic E-state index is -0.364. The molecule has 17 heavy (non-hydrogen) atoms. The van der Waals surface area contributed by atoms with E-state index in [0.29, 0.717) is 5.71 Å². The molecule has 0 bridgehead atoms. The van der Waals surface area contributed by atoms with E-state index >= 15 is 0 Å². The predicted molar refractivity (Wildman–Crippen MR) is 71.4 cm³/mol. The summed E-state index contributed by atoms with van der Waals surface area (Å²) in [5, 5.41) is 8.19. The fourth-order valence-corrected chi connectivity index (χ4v) is 1.87. The SMILES string of the molecule is Cc1ccccc1C(=N)C(N)c1ccccc1. The molecule has 0 fully saturated rings. The third kappa shape index (κ3) is 2.43. The van der Waals surface area contributed by atoms with E-state index in [1.807, 2.05) is 61.5 Å². The average Bonchev–Trinajstić information content (AvgIpc) is 2.39. The van der Waals surface area contributed by atoms with Crippen molar-refractivity contribution in [3.63, 3.8) is 0 Å². The van der Waals surface area contributed by atoms with Crippen LogP contribution in [0.2, 0.25) is 0 Å². The zero-order valence-electron chi connectivity index (χ0n) is 9.85. The molecular weight excluding hydrogens is 208 g/mol. The van der Waals surface area contributed by atoms with Gasteiger partial charge in [-0.05, 0) is 18.1 Å². The van der Waals surface area contributed by atoms with E-state index < -0.39 is 0 Å². The Morgan fingerprint density at radius 1 is 1.00 bits per heavy atom. The van der Waals surface area contributed by atoms with E-state index in [9.17, 15) is 0 Å². The molecule has 0 radical (unpaired) electrons. The van der Waals surface area contributed by atoms with Crippen LogP contribution in [-0.2, 0) is 0 Å². The lowest BCUT2D eigenvalue weighted by Gasteiger charge is -2.15. The summed E-state index contributed by atoms with van der Waals surface area (Å²) >= 11 is 0. The third-order valence-electron chi connectivity index (χ3n) is 2.90. The number of benzene rings is 2. The molecule has 3 N–H and O–H groups in total. The van der Waals surface area contributed by atoms with E-state index in [2.05, 4.69) is 0 Å². The van der Waals surface area contributed by atoms with Crippen LogP contribution in [0.4, 0.5) is 0 Å². The minimum absolute atomic E-state index is 0.364. The molecular formula is C15H16N2. The van der Waals surface area contributed by atoms with E-state index in [4.69, 9.17) is 11.1 Å². The molecule has 0 amide bonds. The Morgan fingerprint density at radius 2 is 1.59 bits per heavy atom. The zero-order valence-corrected chi connectivity index (χ0v) is 9.85. The van der Waals surface area contributed by atoms with Gasteiger partial charge >= 0.3 is 0 Å². The summed E-state index contributed by atoms with van der Waals surface area (Å²) in [6, 6.07) is 17.2. The van der Waals surface area contributed by atoms with Crippen molar-refractivity contribution in [2.24, 2.45) is 5.73 Å². The molecule has 0 saturated heterocycles. The molecule has 0 spiro atoms. The van der Waals surface area contributed by atoms with Crippen LogP contribution in [0.1, 0.15) is 22.7 Å². The Bertz CT molecular complexity index is 517. The number of nitrogens with two attached hydrogens (primary N) is 1. The van der Waals surface area contributed by atoms with Gasteiger partial charge in [-0.25, -0.2) is 0 Å². The van der Waals surface area contributed by atoms with Gasteiger partial charge in [-0.3, -0.25) is 0 Å². The molecule has 0 aliphatic carbocycles. The number of hydrogen-bond acceptors (Lipinski definition) is 2. The van der Waals surface area contributed by atoms with Gasteiger partial charge in [0, 0.05) is 5.56 Å². The zero-order chi connectivity index (χ0) is 12.3. The second kappa shape index (κ2) is 4.93. The van der Waals surface area contributed by atoms with E-state index in [-0.39, 0.29) is 6.04 Å². The quantitative estimate of drug-likeness (QED) is 0.773. The molecule has 2 heteroatoms. The van der Waals surface area contributed by atoms with Crippen LogP contribution in [0.25, 0.3) is 0 Å². The smallest absolute Gasteiger partial charge is 0.0725 e. The number of aryl methyl sites for hydroxylation is 1. The third-order valence-corrected chi connectivity index (χ3v) is 2.90. The van der Waals surface area contributed by atoms with Gasteiger partial charge in [-0.2, -0.15) is 0 Å². The van der Waals surface area contributed by atoms with Gasteiger partial charge in [-0.15, -0.1) is 0 Å². The highest BCUT2D eigenvalue weighted by atomic mass is 14.7. The first-order valence-electron chi connectivity index (χ1n) is 5.65. The van der Waals surface area contributed by atoms with Crippen LogP contribution in [0.5, 0.6) is 0 Å². The summed E-state index contributed by atoms with van der Waals surface area (Å²) < 4.78 is 0. The van der Waals surface area contributed by atoms with Gasteiger partial charge < -0.3 is 11.1 Å². The lowest BCUT2D eigenvalue weighted by Crippen LogP contribution is -2.22. The molecule has 2 nitrogen and oxygen atoms in total. The minimum Gasteiger partial charge on any atom is -0.319 e. The van der Waals surface area contributed by atoms with Gasteiger partial charge in [0.25, 0.3) is 0 Å². The van der Waals surface area contributed by atoms with Gasteiger partial charge in [-0.1, -0.05) is 54.6 Å². The van der Waals surface area contributed by atoms with Crippen LogP contribution < -0.4 is 5.73 Å². The Balaban J connectivity index is 2.30. The van der Waals surface area contributed by atoms with Crippen molar-refractivity contribution in [2.45, 2.75) is 13.0 Å². The summed E-state index contributed by atoms with van der Waals surface area (Å²) in [6.45, 7) is 2.00. The maximum absolute atomic E-state index is 8.19. The second-order valence-electron chi connectivity index (χ2n) is 4.12.